The van der Waals surface area contributed by atoms with Crippen molar-refractivity contribution >= 4 is 23.7 Å². The molecule has 0 fully saturated rings. The van der Waals surface area contributed by atoms with Crippen LogP contribution < -0.4 is 10.6 Å². The van der Waals surface area contributed by atoms with Crippen LogP contribution in [0, 0.1) is 0 Å². The summed E-state index contributed by atoms with van der Waals surface area (Å²) in [6.07, 6.45) is 7.37. The van der Waals surface area contributed by atoms with Crippen LogP contribution >= 0.6 is 11.8 Å². The molecule has 0 aliphatic rings. The third-order valence-electron chi connectivity index (χ3n) is 2.53. The van der Waals surface area contributed by atoms with E-state index in [0.29, 0.717) is 17.8 Å². The Hall–Kier alpha value is -1.90. The van der Waals surface area contributed by atoms with E-state index in [4.69, 9.17) is 0 Å². The van der Waals surface area contributed by atoms with Crippen molar-refractivity contribution in [2.75, 3.05) is 36.2 Å². The Balaban J connectivity index is 2.03. The van der Waals surface area contributed by atoms with E-state index in [-0.39, 0.29) is 0 Å². The molecule has 9 heteroatoms. The monoisotopic (exact) mass is 294 g/mol. The van der Waals surface area contributed by atoms with Gasteiger partial charge in [0.15, 0.2) is 0 Å². The Kier molecular flexibility index (Phi) is 5.54. The molecule has 2 heterocycles. The molecule has 108 valence electrons. The first-order chi connectivity index (χ1) is 9.83. The van der Waals surface area contributed by atoms with E-state index in [2.05, 4.69) is 41.9 Å². The van der Waals surface area contributed by atoms with Crippen molar-refractivity contribution in [3.05, 3.63) is 12.7 Å². The predicted molar refractivity (Wildman–Crippen MR) is 80.4 cm³/mol. The van der Waals surface area contributed by atoms with Crippen molar-refractivity contribution in [3.63, 3.8) is 0 Å². The number of rotatable bonds is 8. The fourth-order valence-electron chi connectivity index (χ4n) is 1.54. The number of hydrogen-bond acceptors (Lipinski definition) is 8. The van der Waals surface area contributed by atoms with Crippen LogP contribution in [0.15, 0.2) is 12.7 Å². The minimum atomic E-state index is 0.438. The highest BCUT2D eigenvalue weighted by atomic mass is 32.2. The van der Waals surface area contributed by atoms with Crippen LogP contribution in [0.2, 0.25) is 0 Å². The smallest absolute Gasteiger partial charge is 0.258 e. The number of nitrogens with zero attached hydrogens (tertiary/aromatic N) is 6. The van der Waals surface area contributed by atoms with Gasteiger partial charge in [0.1, 0.15) is 12.7 Å². The Morgan fingerprint density at radius 3 is 2.75 bits per heavy atom. The molecule has 8 nitrogen and oxygen atoms in total. The van der Waals surface area contributed by atoms with Gasteiger partial charge in [-0.2, -0.15) is 36.5 Å². The molecule has 0 saturated carbocycles. The maximum atomic E-state index is 4.32. The molecule has 0 spiro atoms. The summed E-state index contributed by atoms with van der Waals surface area (Å²) in [6.45, 7) is 0.838. The van der Waals surface area contributed by atoms with Crippen molar-refractivity contribution < 1.29 is 0 Å². The number of nitrogens with one attached hydrogen (secondary N) is 2. The lowest BCUT2D eigenvalue weighted by Gasteiger charge is -2.08. The molecule has 0 amide bonds. The van der Waals surface area contributed by atoms with Crippen molar-refractivity contribution in [2.24, 2.45) is 0 Å². The van der Waals surface area contributed by atoms with Crippen LogP contribution in [-0.2, 0) is 0 Å². The van der Waals surface area contributed by atoms with Crippen LogP contribution in [0.3, 0.4) is 0 Å². The van der Waals surface area contributed by atoms with E-state index in [1.54, 1.807) is 13.4 Å². The zero-order valence-corrected chi connectivity index (χ0v) is 12.4. The maximum Gasteiger partial charge on any atom is 0.258 e. The van der Waals surface area contributed by atoms with Crippen LogP contribution in [0.5, 0.6) is 0 Å². The molecule has 2 rings (SSSR count). The lowest BCUT2D eigenvalue weighted by Crippen LogP contribution is -2.12. The van der Waals surface area contributed by atoms with Gasteiger partial charge in [0.2, 0.25) is 11.9 Å². The number of hydrogen-bond donors (Lipinski definition) is 2. The van der Waals surface area contributed by atoms with Gasteiger partial charge in [-0.15, -0.1) is 0 Å². The highest BCUT2D eigenvalue weighted by molar-refractivity contribution is 7.98. The van der Waals surface area contributed by atoms with E-state index in [0.717, 1.165) is 13.0 Å². The minimum Gasteiger partial charge on any atom is -0.357 e. The van der Waals surface area contributed by atoms with Crippen LogP contribution in [0.4, 0.5) is 11.9 Å². The van der Waals surface area contributed by atoms with Gasteiger partial charge in [-0.3, -0.25) is 0 Å². The van der Waals surface area contributed by atoms with E-state index < -0.39 is 0 Å². The van der Waals surface area contributed by atoms with E-state index >= 15 is 0 Å². The average molecular weight is 294 g/mol. The van der Waals surface area contributed by atoms with Gasteiger partial charge in [0.05, 0.1) is 0 Å². The second-order valence-electron chi connectivity index (χ2n) is 4.00. The number of aromatic nitrogens is 6. The summed E-state index contributed by atoms with van der Waals surface area (Å²) in [5.41, 5.74) is 0. The molecule has 0 unspecified atom stereocenters. The van der Waals surface area contributed by atoms with Gasteiger partial charge < -0.3 is 10.6 Å². The molecule has 0 atom stereocenters. The molecule has 2 N–H and O–H groups in total. The molecule has 20 heavy (non-hydrogen) atoms. The summed E-state index contributed by atoms with van der Waals surface area (Å²) in [4.78, 5) is 16.7. The van der Waals surface area contributed by atoms with Gasteiger partial charge >= 0.3 is 0 Å². The summed E-state index contributed by atoms with van der Waals surface area (Å²) in [6, 6.07) is 0. The highest BCUT2D eigenvalue weighted by Gasteiger charge is 2.07. The molecule has 2 aromatic heterocycles. The molecule has 0 bridgehead atoms. The molecular formula is C11H18N8S. The van der Waals surface area contributed by atoms with E-state index in [1.807, 2.05) is 11.8 Å². The largest absolute Gasteiger partial charge is 0.357 e. The SMILES string of the molecule is CNc1nc(NCCCCSC)nc(-n2cncn2)n1. The summed E-state index contributed by atoms with van der Waals surface area (Å²) in [5.74, 6) is 2.65. The van der Waals surface area contributed by atoms with Gasteiger partial charge in [0.25, 0.3) is 5.95 Å². The number of thioether (sulfide) groups is 1. The summed E-state index contributed by atoms with van der Waals surface area (Å²) in [5, 5.41) is 10.1. The molecule has 2 aromatic rings. The van der Waals surface area contributed by atoms with Crippen LogP contribution in [0.25, 0.3) is 5.95 Å². The fourth-order valence-corrected chi connectivity index (χ4v) is 2.03. The quantitative estimate of drug-likeness (QED) is 0.698. The second kappa shape index (κ2) is 7.63. The Morgan fingerprint density at radius 1 is 1.20 bits per heavy atom. The van der Waals surface area contributed by atoms with Gasteiger partial charge in [0, 0.05) is 13.6 Å². The molecular weight excluding hydrogens is 276 g/mol. The first-order valence-electron chi connectivity index (χ1n) is 6.35. The number of unbranched alkanes of at least 4 members (excludes halogenated alkanes) is 1. The zero-order valence-electron chi connectivity index (χ0n) is 11.6. The van der Waals surface area contributed by atoms with Crippen LogP contribution in [0.1, 0.15) is 12.8 Å². The number of anilines is 2. The Morgan fingerprint density at radius 2 is 2.05 bits per heavy atom. The van der Waals surface area contributed by atoms with Crippen LogP contribution in [-0.4, -0.2) is 55.3 Å². The average Bonchev–Trinajstić information content (AvgIpc) is 3.01. The molecule has 0 saturated heterocycles. The Bertz CT molecular complexity index is 515. The summed E-state index contributed by atoms with van der Waals surface area (Å²) >= 11 is 1.86. The summed E-state index contributed by atoms with van der Waals surface area (Å²) < 4.78 is 1.50. The first kappa shape index (κ1) is 14.5. The van der Waals surface area contributed by atoms with Gasteiger partial charge in [-0.25, -0.2) is 4.98 Å². The fraction of sp³-hybridized carbons (Fsp3) is 0.545. The van der Waals surface area contributed by atoms with Crippen molar-refractivity contribution in [2.45, 2.75) is 12.8 Å². The van der Waals surface area contributed by atoms with E-state index in [1.165, 1.54) is 23.2 Å². The topological polar surface area (TPSA) is 93.4 Å². The normalized spacial score (nSPS) is 10.5. The molecule has 0 aliphatic heterocycles. The highest BCUT2D eigenvalue weighted by Crippen LogP contribution is 2.08. The minimum absolute atomic E-state index is 0.438. The van der Waals surface area contributed by atoms with Crippen molar-refractivity contribution in [1.82, 2.24) is 29.7 Å². The molecule has 0 aromatic carbocycles. The zero-order chi connectivity index (χ0) is 14.2. The third-order valence-corrected chi connectivity index (χ3v) is 3.23. The predicted octanol–water partition coefficient (Wildman–Crippen LogP) is 1.05. The molecule has 0 aliphatic carbocycles. The van der Waals surface area contributed by atoms with E-state index in [9.17, 15) is 0 Å². The van der Waals surface area contributed by atoms with Gasteiger partial charge in [-0.1, -0.05) is 0 Å². The third kappa shape index (κ3) is 4.05. The first-order valence-corrected chi connectivity index (χ1v) is 7.74. The summed E-state index contributed by atoms with van der Waals surface area (Å²) in [7, 11) is 1.77. The maximum absolute atomic E-state index is 4.32. The second-order valence-corrected chi connectivity index (χ2v) is 4.98. The standard InChI is InChI=1S/C11H18N8S/c1-12-9-16-10(14-5-3-4-6-20-2)18-11(17-9)19-8-13-7-15-19/h7-8H,3-6H2,1-2H3,(H2,12,14,16,17,18). The lowest BCUT2D eigenvalue weighted by atomic mass is 10.3. The van der Waals surface area contributed by atoms with Crippen molar-refractivity contribution in [3.8, 4) is 5.95 Å². The Labute approximate surface area is 121 Å². The van der Waals surface area contributed by atoms with Crippen molar-refractivity contribution in [1.29, 1.82) is 0 Å². The lowest BCUT2D eigenvalue weighted by molar-refractivity contribution is 0.787. The molecule has 0 radical (unpaired) electrons. The van der Waals surface area contributed by atoms with Gasteiger partial charge in [-0.05, 0) is 24.9 Å².